The first kappa shape index (κ1) is 19.8. The maximum Gasteiger partial charge on any atom is 0.260 e. The van der Waals surface area contributed by atoms with Crippen LogP contribution in [0.2, 0.25) is 0 Å². The first-order chi connectivity index (χ1) is 12.3. The van der Waals surface area contributed by atoms with E-state index in [0.29, 0.717) is 18.9 Å². The van der Waals surface area contributed by atoms with E-state index >= 15 is 0 Å². The van der Waals surface area contributed by atoms with Crippen LogP contribution < -0.4 is 14.8 Å². The average Bonchev–Trinajstić information content (AvgIpc) is 2.60. The van der Waals surface area contributed by atoms with Gasteiger partial charge < -0.3 is 14.8 Å². The quantitative estimate of drug-likeness (QED) is 0.758. The minimum absolute atomic E-state index is 0.104. The van der Waals surface area contributed by atoms with Gasteiger partial charge in [0.15, 0.2) is 6.10 Å². The Kier molecular flexibility index (Phi) is 6.61. The zero-order valence-electron chi connectivity index (χ0n) is 15.7. The van der Waals surface area contributed by atoms with E-state index in [2.05, 4.69) is 26.1 Å². The second-order valence-electron chi connectivity index (χ2n) is 7.13. The van der Waals surface area contributed by atoms with Gasteiger partial charge in [0.1, 0.15) is 23.9 Å². The molecule has 2 aromatic carbocycles. The van der Waals surface area contributed by atoms with Gasteiger partial charge in [0, 0.05) is 0 Å². The van der Waals surface area contributed by atoms with Crippen LogP contribution >= 0.6 is 0 Å². The third-order valence-corrected chi connectivity index (χ3v) is 3.89. The van der Waals surface area contributed by atoms with E-state index in [4.69, 9.17) is 9.47 Å². The van der Waals surface area contributed by atoms with E-state index in [9.17, 15) is 9.18 Å². The first-order valence-electron chi connectivity index (χ1n) is 8.69. The van der Waals surface area contributed by atoms with Crippen molar-refractivity contribution >= 4 is 5.91 Å². The Balaban J connectivity index is 1.71. The van der Waals surface area contributed by atoms with Crippen molar-refractivity contribution in [3.05, 3.63) is 59.9 Å². The molecule has 2 aromatic rings. The lowest BCUT2D eigenvalue weighted by Crippen LogP contribution is -2.38. The number of amides is 1. The number of carbonyl (C=O) groups excluding carboxylic acids is 1. The lowest BCUT2D eigenvalue weighted by Gasteiger charge is -2.19. The summed E-state index contributed by atoms with van der Waals surface area (Å²) >= 11 is 0. The fourth-order valence-corrected chi connectivity index (χ4v) is 2.31. The summed E-state index contributed by atoms with van der Waals surface area (Å²) in [4.78, 5) is 12.0. The van der Waals surface area contributed by atoms with Gasteiger partial charge in [-0.15, -0.1) is 0 Å². The Bertz CT molecular complexity index is 706. The van der Waals surface area contributed by atoms with E-state index < -0.39 is 6.10 Å². The number of hydrogen-bond donors (Lipinski definition) is 1. The van der Waals surface area contributed by atoms with Gasteiger partial charge >= 0.3 is 0 Å². The van der Waals surface area contributed by atoms with Crippen molar-refractivity contribution in [2.75, 3.05) is 13.2 Å². The Hall–Kier alpha value is -2.56. The minimum Gasteiger partial charge on any atom is -0.492 e. The molecule has 0 fully saturated rings. The van der Waals surface area contributed by atoms with Gasteiger partial charge in [-0.25, -0.2) is 4.39 Å². The van der Waals surface area contributed by atoms with Crippen LogP contribution in [-0.4, -0.2) is 25.2 Å². The van der Waals surface area contributed by atoms with Crippen LogP contribution in [0.5, 0.6) is 11.5 Å². The topological polar surface area (TPSA) is 47.6 Å². The van der Waals surface area contributed by atoms with Gasteiger partial charge in [0.25, 0.3) is 5.91 Å². The molecular formula is C21H26FNO3. The van der Waals surface area contributed by atoms with E-state index in [-0.39, 0.29) is 17.1 Å². The maximum absolute atomic E-state index is 12.9. The molecule has 0 aliphatic heterocycles. The molecule has 1 amide bonds. The monoisotopic (exact) mass is 359 g/mol. The van der Waals surface area contributed by atoms with Gasteiger partial charge in [-0.1, -0.05) is 32.9 Å². The van der Waals surface area contributed by atoms with Gasteiger partial charge in [0.2, 0.25) is 0 Å². The second-order valence-corrected chi connectivity index (χ2v) is 7.13. The molecule has 0 unspecified atom stereocenters. The number of rotatable bonds is 7. The van der Waals surface area contributed by atoms with Crippen molar-refractivity contribution in [1.29, 1.82) is 0 Å². The summed E-state index contributed by atoms with van der Waals surface area (Å²) < 4.78 is 24.0. The second kappa shape index (κ2) is 8.70. The van der Waals surface area contributed by atoms with Crippen LogP contribution in [0.1, 0.15) is 33.3 Å². The number of carbonyl (C=O) groups is 1. The molecule has 0 spiro atoms. The number of nitrogens with one attached hydrogen (secondary N) is 1. The van der Waals surface area contributed by atoms with E-state index in [1.54, 1.807) is 6.92 Å². The fraction of sp³-hybridized carbons (Fsp3) is 0.381. The number of halogens is 1. The molecule has 0 radical (unpaired) electrons. The summed E-state index contributed by atoms with van der Waals surface area (Å²) in [6.07, 6.45) is -0.675. The highest BCUT2D eigenvalue weighted by molar-refractivity contribution is 5.80. The zero-order valence-corrected chi connectivity index (χ0v) is 15.7. The molecule has 4 nitrogen and oxygen atoms in total. The van der Waals surface area contributed by atoms with Crippen molar-refractivity contribution in [2.24, 2.45) is 0 Å². The number of ether oxygens (including phenoxy) is 2. The van der Waals surface area contributed by atoms with Crippen molar-refractivity contribution < 1.29 is 18.7 Å². The van der Waals surface area contributed by atoms with Crippen LogP contribution in [0, 0.1) is 5.82 Å². The molecule has 140 valence electrons. The summed E-state index contributed by atoms with van der Waals surface area (Å²) in [6.45, 7) is 8.86. The van der Waals surface area contributed by atoms with Crippen LogP contribution in [0.25, 0.3) is 0 Å². The molecule has 0 saturated carbocycles. The Morgan fingerprint density at radius 1 is 1.04 bits per heavy atom. The summed E-state index contributed by atoms with van der Waals surface area (Å²) in [7, 11) is 0. The molecule has 1 N–H and O–H groups in total. The van der Waals surface area contributed by atoms with Crippen molar-refractivity contribution in [3.8, 4) is 11.5 Å². The van der Waals surface area contributed by atoms with Gasteiger partial charge in [0.05, 0.1) is 6.54 Å². The van der Waals surface area contributed by atoms with E-state index in [1.807, 2.05) is 24.3 Å². The molecule has 0 bridgehead atoms. The van der Waals surface area contributed by atoms with Gasteiger partial charge in [-0.2, -0.15) is 0 Å². The molecule has 26 heavy (non-hydrogen) atoms. The number of hydrogen-bond acceptors (Lipinski definition) is 3. The molecule has 0 aliphatic carbocycles. The molecule has 5 heteroatoms. The number of benzene rings is 2. The van der Waals surface area contributed by atoms with Crippen LogP contribution in [0.15, 0.2) is 48.5 Å². The molecular weight excluding hydrogens is 333 g/mol. The van der Waals surface area contributed by atoms with Crippen molar-refractivity contribution in [2.45, 2.75) is 39.2 Å². The highest BCUT2D eigenvalue weighted by Crippen LogP contribution is 2.24. The molecule has 1 atom stereocenters. The SMILES string of the molecule is C[C@H](Oc1ccc(F)cc1)C(=O)NCCOc1ccc(C(C)(C)C)cc1. The summed E-state index contributed by atoms with van der Waals surface area (Å²) in [5.41, 5.74) is 1.34. The fourth-order valence-electron chi connectivity index (χ4n) is 2.31. The minimum atomic E-state index is -0.675. The standard InChI is InChI=1S/C21H26FNO3/c1-15(26-19-11-7-17(22)8-12-19)20(24)23-13-14-25-18-9-5-16(6-10-18)21(2,3)4/h5-12,15H,13-14H2,1-4H3,(H,23,24)/t15-/m0/s1. The largest absolute Gasteiger partial charge is 0.492 e. The Morgan fingerprint density at radius 3 is 2.19 bits per heavy atom. The van der Waals surface area contributed by atoms with E-state index in [0.717, 1.165) is 5.75 Å². The first-order valence-corrected chi connectivity index (χ1v) is 8.69. The third kappa shape index (κ3) is 6.06. The zero-order chi connectivity index (χ0) is 19.2. The van der Waals surface area contributed by atoms with Crippen molar-refractivity contribution in [3.63, 3.8) is 0 Å². The summed E-state index contributed by atoms with van der Waals surface area (Å²) in [5, 5.41) is 2.76. The Labute approximate surface area is 154 Å². The predicted molar refractivity (Wildman–Crippen MR) is 100 cm³/mol. The lowest BCUT2D eigenvalue weighted by molar-refractivity contribution is -0.127. The van der Waals surface area contributed by atoms with E-state index in [1.165, 1.54) is 29.8 Å². The molecule has 0 aliphatic rings. The van der Waals surface area contributed by atoms with Gasteiger partial charge in [-0.05, 0) is 54.3 Å². The van der Waals surface area contributed by atoms with Crippen molar-refractivity contribution in [1.82, 2.24) is 5.32 Å². The van der Waals surface area contributed by atoms with Crippen LogP contribution in [0.3, 0.4) is 0 Å². The Morgan fingerprint density at radius 2 is 1.62 bits per heavy atom. The van der Waals surface area contributed by atoms with Crippen LogP contribution in [-0.2, 0) is 10.2 Å². The van der Waals surface area contributed by atoms with Gasteiger partial charge in [-0.3, -0.25) is 4.79 Å². The maximum atomic E-state index is 12.9. The lowest BCUT2D eigenvalue weighted by atomic mass is 9.87. The highest BCUT2D eigenvalue weighted by Gasteiger charge is 2.15. The third-order valence-electron chi connectivity index (χ3n) is 3.89. The molecule has 0 aromatic heterocycles. The average molecular weight is 359 g/mol. The molecule has 2 rings (SSSR count). The molecule has 0 saturated heterocycles. The normalized spacial score (nSPS) is 12.3. The highest BCUT2D eigenvalue weighted by atomic mass is 19.1. The predicted octanol–water partition coefficient (Wildman–Crippen LogP) is 4.09. The van der Waals surface area contributed by atoms with Crippen LogP contribution in [0.4, 0.5) is 4.39 Å². The summed E-state index contributed by atoms with van der Waals surface area (Å²) in [5.74, 6) is 0.621. The summed E-state index contributed by atoms with van der Waals surface area (Å²) in [6, 6.07) is 13.5. The smallest absolute Gasteiger partial charge is 0.260 e. The molecule has 0 heterocycles.